The first kappa shape index (κ1) is 31.8. The molecule has 1 amide bonds. The van der Waals surface area contributed by atoms with Gasteiger partial charge in [-0.3, -0.25) is 27.9 Å². The number of hydrogen-bond acceptors (Lipinski definition) is 18. The lowest BCUT2D eigenvalue weighted by Gasteiger charge is -2.35. The summed E-state index contributed by atoms with van der Waals surface area (Å²) in [6.45, 7) is -7.84. The lowest BCUT2D eigenvalue weighted by Crippen LogP contribution is -2.55. The zero-order valence-electron chi connectivity index (χ0n) is 23.3. The number of aliphatic imine (C=N–C) groups is 2. The monoisotopic (exact) mass is 722 g/mol. The van der Waals surface area contributed by atoms with Crippen molar-refractivity contribution in [1.29, 1.82) is 0 Å². The molecule has 0 saturated carbocycles. The highest BCUT2D eigenvalue weighted by Gasteiger charge is 2.55. The van der Waals surface area contributed by atoms with E-state index in [9.17, 15) is 19.0 Å². The number of amides is 1. The van der Waals surface area contributed by atoms with Crippen LogP contribution in [0.4, 0.5) is 5.82 Å². The maximum atomic E-state index is 13.7. The van der Waals surface area contributed by atoms with Crippen molar-refractivity contribution in [3.8, 4) is 0 Å². The van der Waals surface area contributed by atoms with Gasteiger partial charge in [-0.2, -0.15) is 4.37 Å². The summed E-state index contributed by atoms with van der Waals surface area (Å²) in [5.74, 6) is -0.636. The van der Waals surface area contributed by atoms with Gasteiger partial charge in [0, 0.05) is 12.3 Å². The average Bonchev–Trinajstić information content (AvgIpc) is 3.74. The van der Waals surface area contributed by atoms with Crippen LogP contribution in [0.3, 0.4) is 0 Å². The Balaban J connectivity index is 1.16. The quantitative estimate of drug-likeness (QED) is 0.222. The van der Waals surface area contributed by atoms with Gasteiger partial charge in [0.1, 0.15) is 35.4 Å². The Kier molecular flexibility index (Phi) is 8.53. The fourth-order valence-electron chi connectivity index (χ4n) is 5.91. The summed E-state index contributed by atoms with van der Waals surface area (Å²) in [4.78, 5) is 31.7. The molecule has 0 aromatic carbocycles. The molecule has 2 bridgehead atoms. The highest BCUT2D eigenvalue weighted by molar-refractivity contribution is 8.44. The van der Waals surface area contributed by atoms with Crippen LogP contribution in [0.2, 0.25) is 0 Å². The third kappa shape index (κ3) is 6.07. The smallest absolute Gasteiger partial charge is 0.386 e. The van der Waals surface area contributed by atoms with Gasteiger partial charge in [-0.15, -0.1) is 0 Å². The van der Waals surface area contributed by atoms with E-state index in [0.717, 1.165) is 11.5 Å². The number of nitrogens with one attached hydrogen (secondary N) is 1. The Bertz CT molecular complexity index is 1670. The second kappa shape index (κ2) is 12.1. The summed E-state index contributed by atoms with van der Waals surface area (Å²) in [5, 5.41) is 13.0. The van der Waals surface area contributed by atoms with Crippen LogP contribution in [-0.4, -0.2) is 105 Å². The molecule has 5 aliphatic rings. The second-order valence-corrected chi connectivity index (χ2v) is 17.4. The first-order valence-corrected chi connectivity index (χ1v) is 19.8. The van der Waals surface area contributed by atoms with Crippen molar-refractivity contribution in [3.05, 3.63) is 11.2 Å². The number of ether oxygens (including phenoxy) is 2. The van der Waals surface area contributed by atoms with Crippen LogP contribution < -0.4 is 11.1 Å². The number of thiol groups is 2. The van der Waals surface area contributed by atoms with Gasteiger partial charge >= 0.3 is 13.6 Å². The van der Waals surface area contributed by atoms with Gasteiger partial charge in [-0.05, 0) is 18.5 Å². The molecule has 45 heavy (non-hydrogen) atoms. The third-order valence-electron chi connectivity index (χ3n) is 7.99. The molecule has 0 aliphatic carbocycles. The predicted octanol–water partition coefficient (Wildman–Crippen LogP) is 1.31. The van der Waals surface area contributed by atoms with Gasteiger partial charge in [0.05, 0.1) is 49.3 Å². The molecule has 3 fully saturated rings. The highest BCUT2D eigenvalue weighted by Crippen LogP contribution is 2.60. The van der Waals surface area contributed by atoms with Crippen LogP contribution in [0, 0.1) is 5.92 Å². The molecular formula is C22H28N8O10P2S3. The maximum Gasteiger partial charge on any atom is 0.386 e. The number of anilines is 1. The van der Waals surface area contributed by atoms with Crippen LogP contribution in [0.5, 0.6) is 0 Å². The molecule has 5 aliphatic heterocycles. The van der Waals surface area contributed by atoms with E-state index >= 15 is 0 Å². The number of nitrogens with two attached hydrogens (primary N) is 1. The molecule has 11 atom stereocenters. The van der Waals surface area contributed by atoms with E-state index in [2.05, 4.69) is 54.1 Å². The summed E-state index contributed by atoms with van der Waals surface area (Å²) in [7, 11) is 0. The lowest BCUT2D eigenvalue weighted by molar-refractivity contribution is -0.124. The van der Waals surface area contributed by atoms with Gasteiger partial charge in [-0.25, -0.2) is 24.1 Å². The van der Waals surface area contributed by atoms with Gasteiger partial charge in [0.2, 0.25) is 0 Å². The van der Waals surface area contributed by atoms with Gasteiger partial charge in [0.25, 0.3) is 5.91 Å². The van der Waals surface area contributed by atoms with E-state index < -0.39 is 75.1 Å². The zero-order valence-corrected chi connectivity index (χ0v) is 27.7. The number of nitrogens with zero attached hydrogens (tertiary/aromatic N) is 6. The van der Waals surface area contributed by atoms with Crippen LogP contribution in [-0.2, 0) is 41.5 Å². The number of fused-ring (bicyclic) bond motifs is 5. The Morgan fingerprint density at radius 3 is 2.64 bits per heavy atom. The summed E-state index contributed by atoms with van der Waals surface area (Å²) < 4.78 is 67.1. The van der Waals surface area contributed by atoms with Gasteiger partial charge < -0.3 is 30.5 Å². The van der Waals surface area contributed by atoms with Gasteiger partial charge in [-0.1, -0.05) is 24.5 Å². The molecule has 2 aromatic rings. The van der Waals surface area contributed by atoms with Crippen LogP contribution in [0.25, 0.3) is 11.0 Å². The largest absolute Gasteiger partial charge is 0.396 e. The molecule has 0 radical (unpaired) electrons. The molecule has 23 heteroatoms. The van der Waals surface area contributed by atoms with Crippen molar-refractivity contribution < 1.29 is 46.6 Å². The molecule has 18 nitrogen and oxygen atoms in total. The normalized spacial score (nSPS) is 42.0. The number of amidine groups is 1. The second-order valence-electron chi connectivity index (χ2n) is 10.8. The molecule has 4 N–H and O–H groups in total. The number of carbonyl (C=O) groups excluding carboxylic acids is 1. The van der Waals surface area contributed by atoms with E-state index in [4.69, 9.17) is 33.3 Å². The Morgan fingerprint density at radius 1 is 1.11 bits per heavy atom. The SMILES string of the molecule is CC1=NC2C(N=CN2[C@@H]2O[C@@H]3CO[P@@](=O)(S)O[C@H]4C[C@H](c5snc6c(N)ncnc56)O[C@@H]4CO[P@@](=O)(S)O[C@@H]2[C@@H]3CO)C(=O)N1. The minimum Gasteiger partial charge on any atom is -0.396 e. The molecule has 2 unspecified atom stereocenters. The molecule has 244 valence electrons. The number of nitrogen functional groups attached to an aromatic ring is 1. The number of carbonyl (C=O) groups is 1. The van der Waals surface area contributed by atoms with Crippen molar-refractivity contribution in [2.24, 2.45) is 15.9 Å². The highest BCUT2D eigenvalue weighted by atomic mass is 32.7. The number of hydrogen-bond donors (Lipinski definition) is 5. The standard InChI is InChI=1S/C22H28N8O10P2S3/c1-8-27-20-16(21(32)28-8)26-7-30(20)22-17-9(3-31)12(38-22)4-35-41(33,43)39-10-2-11(37-13(10)5-36-42(34,44)40-17)18-14-15(29-45-18)19(23)25-6-24-14/h6-7,9-13,16-17,20,22,31H,2-5H2,1H3,(H,33,43)(H,34,44)(H2,23,24,25)(H,27,28,32)/t9-,10+,11-,12-,13-,16?,17-,20?,22-,41-,42-/m1/s1. The molecule has 3 saturated heterocycles. The zero-order chi connectivity index (χ0) is 31.7. The maximum absolute atomic E-state index is 13.7. The Hall–Kier alpha value is -1.74. The average molecular weight is 723 g/mol. The summed E-state index contributed by atoms with van der Waals surface area (Å²) >= 11 is 9.54. The van der Waals surface area contributed by atoms with E-state index in [1.807, 2.05) is 0 Å². The topological polar surface area (TPSA) is 231 Å². The summed E-state index contributed by atoms with van der Waals surface area (Å²) in [6, 6.07) is -0.862. The molecule has 7 heterocycles. The number of aliphatic hydroxyl groups excluding tert-OH is 1. The van der Waals surface area contributed by atoms with E-state index in [-0.39, 0.29) is 31.4 Å². The van der Waals surface area contributed by atoms with Crippen LogP contribution in [0.15, 0.2) is 16.3 Å². The van der Waals surface area contributed by atoms with Crippen molar-refractivity contribution in [2.45, 2.75) is 62.3 Å². The first-order chi connectivity index (χ1) is 21.4. The third-order valence-corrected chi connectivity index (χ3v) is 12.2. The number of rotatable bonds is 3. The van der Waals surface area contributed by atoms with Gasteiger partial charge in [0.15, 0.2) is 24.3 Å². The lowest BCUT2D eigenvalue weighted by atomic mass is 9.99. The molecule has 7 rings (SSSR count). The Labute approximate surface area is 270 Å². The Morgan fingerprint density at radius 2 is 1.87 bits per heavy atom. The van der Waals surface area contributed by atoms with Crippen molar-refractivity contribution >= 4 is 84.6 Å². The summed E-state index contributed by atoms with van der Waals surface area (Å²) in [6.07, 6.45) is -3.51. The minimum atomic E-state index is -4.19. The van der Waals surface area contributed by atoms with E-state index in [0.29, 0.717) is 21.7 Å². The molecule has 2 aromatic heterocycles. The van der Waals surface area contributed by atoms with E-state index in [1.54, 1.807) is 6.92 Å². The fraction of sp³-hybridized carbons (Fsp3) is 0.636. The van der Waals surface area contributed by atoms with Crippen molar-refractivity contribution in [2.75, 3.05) is 25.6 Å². The van der Waals surface area contributed by atoms with Crippen molar-refractivity contribution in [3.63, 3.8) is 0 Å². The van der Waals surface area contributed by atoms with Crippen molar-refractivity contribution in [1.82, 2.24) is 24.6 Å². The number of aliphatic hydroxyl groups is 1. The van der Waals surface area contributed by atoms with E-state index in [1.165, 1.54) is 17.6 Å². The molecule has 0 spiro atoms. The van der Waals surface area contributed by atoms with Crippen LogP contribution >= 0.6 is 49.6 Å². The molecular weight excluding hydrogens is 694 g/mol. The summed E-state index contributed by atoms with van der Waals surface area (Å²) in [5.41, 5.74) is 6.86. The minimum absolute atomic E-state index is 0.176. The number of aromatic nitrogens is 3. The fourth-order valence-corrected chi connectivity index (χ4v) is 9.80. The van der Waals surface area contributed by atoms with Crippen LogP contribution in [0.1, 0.15) is 24.3 Å². The first-order valence-electron chi connectivity index (χ1n) is 13.7. The predicted molar refractivity (Wildman–Crippen MR) is 165 cm³/mol.